The molecule has 0 bridgehead atoms. The van der Waals surface area contributed by atoms with Gasteiger partial charge in [0.05, 0.1) is 6.54 Å². The summed E-state index contributed by atoms with van der Waals surface area (Å²) in [6.07, 6.45) is 3.80. The van der Waals surface area contributed by atoms with Crippen LogP contribution < -0.4 is 5.73 Å². The fraction of sp³-hybridized carbons (Fsp3) is 0.556. The van der Waals surface area contributed by atoms with Crippen LogP contribution in [0.4, 0.5) is 0 Å². The van der Waals surface area contributed by atoms with Crippen LogP contribution >= 0.6 is 0 Å². The molecule has 1 aromatic heterocycles. The molecule has 2 aromatic rings. The molecule has 3 nitrogen and oxygen atoms in total. The average Bonchev–Trinajstić information content (AvgIpc) is 2.84. The van der Waals surface area contributed by atoms with E-state index in [-0.39, 0.29) is 0 Å². The van der Waals surface area contributed by atoms with Crippen molar-refractivity contribution in [3.05, 3.63) is 35.6 Å². The van der Waals surface area contributed by atoms with E-state index < -0.39 is 0 Å². The minimum absolute atomic E-state index is 0.463. The first-order chi connectivity index (χ1) is 10.2. The van der Waals surface area contributed by atoms with Crippen molar-refractivity contribution in [3.8, 4) is 0 Å². The zero-order valence-corrected chi connectivity index (χ0v) is 13.6. The van der Waals surface area contributed by atoms with Gasteiger partial charge < -0.3 is 10.2 Å². The van der Waals surface area contributed by atoms with Crippen LogP contribution in [0.2, 0.25) is 0 Å². The zero-order valence-electron chi connectivity index (χ0n) is 13.6. The van der Waals surface area contributed by atoms with Gasteiger partial charge in [0.2, 0.25) is 0 Å². The summed E-state index contributed by atoms with van der Waals surface area (Å²) in [7, 11) is 0. The molecule has 1 heterocycles. The molecule has 0 amide bonds. The van der Waals surface area contributed by atoms with Crippen molar-refractivity contribution in [3.63, 3.8) is 0 Å². The maximum Gasteiger partial charge on any atom is 0.134 e. The summed E-state index contributed by atoms with van der Waals surface area (Å²) in [5.74, 6) is 0.928. The van der Waals surface area contributed by atoms with Crippen LogP contribution in [0.3, 0.4) is 0 Å². The molecule has 0 atom stereocenters. The molecule has 2 N–H and O–H groups in total. The highest BCUT2D eigenvalue weighted by Crippen LogP contribution is 2.27. The van der Waals surface area contributed by atoms with Crippen molar-refractivity contribution < 1.29 is 4.42 Å². The summed E-state index contributed by atoms with van der Waals surface area (Å²) < 4.78 is 5.90. The molecule has 0 aliphatic rings. The summed E-state index contributed by atoms with van der Waals surface area (Å²) >= 11 is 0. The van der Waals surface area contributed by atoms with Crippen LogP contribution in [0.5, 0.6) is 0 Å². The minimum Gasteiger partial charge on any atom is -0.459 e. The summed E-state index contributed by atoms with van der Waals surface area (Å²) in [6.45, 7) is 9.29. The molecule has 0 aliphatic heterocycles. The second-order valence-corrected chi connectivity index (χ2v) is 5.98. The molecular formula is C18H28N2O. The van der Waals surface area contributed by atoms with Gasteiger partial charge in [0.25, 0.3) is 0 Å². The Kier molecular flexibility index (Phi) is 5.83. The van der Waals surface area contributed by atoms with E-state index in [9.17, 15) is 0 Å². The molecule has 0 saturated heterocycles. The maximum absolute atomic E-state index is 5.90. The third-order valence-corrected chi connectivity index (χ3v) is 4.11. The van der Waals surface area contributed by atoms with E-state index in [1.165, 1.54) is 30.2 Å². The number of nitrogens with zero attached hydrogens (tertiary/aromatic N) is 1. The van der Waals surface area contributed by atoms with Gasteiger partial charge in [0.1, 0.15) is 11.3 Å². The smallest absolute Gasteiger partial charge is 0.134 e. The van der Waals surface area contributed by atoms with Crippen LogP contribution in [0.15, 0.2) is 28.7 Å². The molecule has 0 radical (unpaired) electrons. The van der Waals surface area contributed by atoms with E-state index >= 15 is 0 Å². The van der Waals surface area contributed by atoms with Crippen molar-refractivity contribution in [1.29, 1.82) is 0 Å². The number of para-hydroxylation sites is 1. The lowest BCUT2D eigenvalue weighted by Gasteiger charge is -2.26. The molecule has 0 saturated carbocycles. The highest BCUT2D eigenvalue weighted by molar-refractivity contribution is 5.82. The number of benzene rings is 1. The van der Waals surface area contributed by atoms with E-state index in [1.807, 2.05) is 12.1 Å². The fourth-order valence-corrected chi connectivity index (χ4v) is 2.78. The molecule has 2 rings (SSSR count). The highest BCUT2D eigenvalue weighted by Gasteiger charge is 2.17. The van der Waals surface area contributed by atoms with Crippen LogP contribution in [-0.4, -0.2) is 17.5 Å². The van der Waals surface area contributed by atoms with Gasteiger partial charge in [-0.2, -0.15) is 0 Å². The van der Waals surface area contributed by atoms with E-state index in [0.717, 1.165) is 24.4 Å². The number of hydrogen-bond acceptors (Lipinski definition) is 3. The van der Waals surface area contributed by atoms with Gasteiger partial charge in [0.15, 0.2) is 0 Å². The lowest BCUT2D eigenvalue weighted by Crippen LogP contribution is -2.31. The van der Waals surface area contributed by atoms with Gasteiger partial charge in [-0.1, -0.05) is 38.0 Å². The lowest BCUT2D eigenvalue weighted by molar-refractivity contribution is 0.207. The summed E-state index contributed by atoms with van der Waals surface area (Å²) in [5, 5.41) is 1.21. The van der Waals surface area contributed by atoms with E-state index in [0.29, 0.717) is 12.6 Å². The third-order valence-electron chi connectivity index (χ3n) is 4.11. The number of fused-ring (bicyclic) bond motifs is 1. The quantitative estimate of drug-likeness (QED) is 0.737. The van der Waals surface area contributed by atoms with E-state index in [1.54, 1.807) is 0 Å². The Hall–Kier alpha value is -1.32. The van der Waals surface area contributed by atoms with Crippen molar-refractivity contribution in [2.75, 3.05) is 6.54 Å². The first kappa shape index (κ1) is 16.1. The van der Waals surface area contributed by atoms with Crippen molar-refractivity contribution >= 4 is 11.0 Å². The van der Waals surface area contributed by atoms with Gasteiger partial charge in [0, 0.05) is 23.5 Å². The number of rotatable bonds is 8. The molecule has 0 spiro atoms. The third kappa shape index (κ3) is 3.86. The van der Waals surface area contributed by atoms with Crippen molar-refractivity contribution in [2.24, 2.45) is 5.73 Å². The van der Waals surface area contributed by atoms with Gasteiger partial charge in [-0.15, -0.1) is 0 Å². The number of hydrogen-bond donors (Lipinski definition) is 1. The second kappa shape index (κ2) is 7.62. The predicted octanol–water partition coefficient (Wildman–Crippen LogP) is 4.29. The number of unbranched alkanes of at least 4 members (excludes halogenated alkanes) is 2. The molecule has 0 unspecified atom stereocenters. The van der Waals surface area contributed by atoms with E-state index in [2.05, 4.69) is 37.8 Å². The monoisotopic (exact) mass is 288 g/mol. The Labute approximate surface area is 128 Å². The standard InChI is InChI=1S/C18H28N2O/c1-4-5-8-11-20(14(2)3)13-16-15-9-6-7-10-17(15)21-18(16)12-19/h6-7,9-10,14H,4-5,8,11-13,19H2,1-3H3. The molecule has 116 valence electrons. The molecule has 3 heteroatoms. The van der Waals surface area contributed by atoms with Crippen molar-refractivity contribution in [1.82, 2.24) is 4.90 Å². The normalized spacial score (nSPS) is 11.9. The zero-order chi connectivity index (χ0) is 15.2. The van der Waals surface area contributed by atoms with Crippen LogP contribution in [0, 0.1) is 0 Å². The first-order valence-electron chi connectivity index (χ1n) is 8.10. The average molecular weight is 288 g/mol. The summed E-state index contributed by atoms with van der Waals surface area (Å²) in [6, 6.07) is 8.77. The lowest BCUT2D eigenvalue weighted by atomic mass is 10.1. The highest BCUT2D eigenvalue weighted by atomic mass is 16.3. The Morgan fingerprint density at radius 2 is 1.95 bits per heavy atom. The van der Waals surface area contributed by atoms with E-state index in [4.69, 9.17) is 10.2 Å². The molecule has 1 aromatic carbocycles. The Balaban J connectivity index is 2.23. The topological polar surface area (TPSA) is 42.4 Å². The second-order valence-electron chi connectivity index (χ2n) is 5.98. The van der Waals surface area contributed by atoms with Crippen LogP contribution in [0.25, 0.3) is 11.0 Å². The van der Waals surface area contributed by atoms with Gasteiger partial charge in [-0.05, 0) is 32.9 Å². The van der Waals surface area contributed by atoms with Crippen LogP contribution in [-0.2, 0) is 13.1 Å². The van der Waals surface area contributed by atoms with Gasteiger partial charge in [-0.3, -0.25) is 4.90 Å². The van der Waals surface area contributed by atoms with Gasteiger partial charge >= 0.3 is 0 Å². The summed E-state index contributed by atoms with van der Waals surface area (Å²) in [4.78, 5) is 2.52. The van der Waals surface area contributed by atoms with Crippen LogP contribution in [0.1, 0.15) is 51.4 Å². The maximum atomic E-state index is 5.90. The Morgan fingerprint density at radius 1 is 1.19 bits per heavy atom. The summed E-state index contributed by atoms with van der Waals surface area (Å²) in [5.41, 5.74) is 8.09. The molecule has 0 fully saturated rings. The molecular weight excluding hydrogens is 260 g/mol. The Morgan fingerprint density at radius 3 is 2.62 bits per heavy atom. The number of nitrogens with two attached hydrogens (primary N) is 1. The molecule has 21 heavy (non-hydrogen) atoms. The van der Waals surface area contributed by atoms with Gasteiger partial charge in [-0.25, -0.2) is 0 Å². The number of furan rings is 1. The SMILES string of the molecule is CCCCCN(Cc1c(CN)oc2ccccc12)C(C)C. The van der Waals surface area contributed by atoms with Crippen molar-refractivity contribution in [2.45, 2.75) is 59.2 Å². The first-order valence-corrected chi connectivity index (χ1v) is 8.10. The predicted molar refractivity (Wildman–Crippen MR) is 89.2 cm³/mol. The Bertz CT molecular complexity index is 559. The minimum atomic E-state index is 0.463. The fourth-order valence-electron chi connectivity index (χ4n) is 2.78. The largest absolute Gasteiger partial charge is 0.459 e. The molecule has 0 aliphatic carbocycles.